The van der Waals surface area contributed by atoms with Crippen LogP contribution in [0.1, 0.15) is 5.69 Å². The van der Waals surface area contributed by atoms with Crippen LogP contribution in [0.25, 0.3) is 17.1 Å². The van der Waals surface area contributed by atoms with Crippen LogP contribution in [0, 0.1) is 0 Å². The Kier molecular flexibility index (Phi) is 4.77. The first-order valence-corrected chi connectivity index (χ1v) is 11.1. The number of ether oxygens (including phenoxy) is 1. The van der Waals surface area contributed by atoms with Crippen molar-refractivity contribution in [1.29, 1.82) is 0 Å². The smallest absolute Gasteiger partial charge is 0.124 e. The normalized spacial score (nSPS) is 12.0. The summed E-state index contributed by atoms with van der Waals surface area (Å²) in [6, 6.07) is 1.17. The number of fused-ring (bicyclic) bond motifs is 1. The zero-order valence-corrected chi connectivity index (χ0v) is 14.8. The Labute approximate surface area is 129 Å². The fourth-order valence-corrected chi connectivity index (χ4v) is 3.27. The first-order valence-electron chi connectivity index (χ1n) is 6.62. The highest BCUT2D eigenvalue weighted by atomic mass is 79.9. The lowest BCUT2D eigenvalue weighted by Gasteiger charge is -2.15. The van der Waals surface area contributed by atoms with Gasteiger partial charge in [0.1, 0.15) is 12.2 Å². The molecule has 20 heavy (non-hydrogen) atoms. The van der Waals surface area contributed by atoms with E-state index in [-0.39, 0.29) is 0 Å². The highest BCUT2D eigenvalue weighted by Crippen LogP contribution is 2.26. The largest absolute Gasteiger partial charge is 0.361 e. The molecule has 2 rings (SSSR count). The van der Waals surface area contributed by atoms with Crippen LogP contribution in [-0.4, -0.2) is 29.2 Å². The third-order valence-electron chi connectivity index (χ3n) is 3.04. The number of hydrogen-bond acceptors (Lipinski definition) is 3. The Hall–Kier alpha value is -0.983. The summed E-state index contributed by atoms with van der Waals surface area (Å²) in [4.78, 5) is 8.64. The van der Waals surface area contributed by atoms with Gasteiger partial charge in [-0.2, -0.15) is 0 Å². The zero-order valence-electron chi connectivity index (χ0n) is 12.2. The number of aromatic nitrogens is 3. The summed E-state index contributed by atoms with van der Waals surface area (Å²) in [5.74, 6) is 0. The van der Waals surface area contributed by atoms with Crippen LogP contribution in [0.15, 0.2) is 23.6 Å². The van der Waals surface area contributed by atoms with E-state index in [4.69, 9.17) is 4.74 Å². The summed E-state index contributed by atoms with van der Waals surface area (Å²) >= 11 is 3.57. The minimum Gasteiger partial charge on any atom is -0.361 e. The summed E-state index contributed by atoms with van der Waals surface area (Å²) in [5, 5.41) is 0. The van der Waals surface area contributed by atoms with Gasteiger partial charge in [0.05, 0.1) is 28.2 Å². The van der Waals surface area contributed by atoms with Gasteiger partial charge in [-0.15, -0.1) is 0 Å². The van der Waals surface area contributed by atoms with E-state index in [0.29, 0.717) is 6.73 Å². The average molecular weight is 354 g/mol. The standard InChI is InChI=1S/C14H20BrN3OSi/c1-5-11-13(15)14-12(8-16-11)17-9-18(14)10-19-6-7-20(2,3)4/h5,8-9H,1,6-7,10H2,2-4H3. The summed E-state index contributed by atoms with van der Waals surface area (Å²) < 4.78 is 8.69. The van der Waals surface area contributed by atoms with Gasteiger partial charge in [-0.1, -0.05) is 26.2 Å². The van der Waals surface area contributed by atoms with Crippen molar-refractivity contribution in [3.63, 3.8) is 0 Å². The second-order valence-electron chi connectivity index (χ2n) is 5.96. The molecule has 0 spiro atoms. The van der Waals surface area contributed by atoms with E-state index in [2.05, 4.69) is 52.1 Å². The Bertz CT molecular complexity index is 619. The molecule has 0 radical (unpaired) electrons. The topological polar surface area (TPSA) is 39.9 Å². The first kappa shape index (κ1) is 15.4. The maximum Gasteiger partial charge on any atom is 0.124 e. The van der Waals surface area contributed by atoms with Gasteiger partial charge in [-0.05, 0) is 28.1 Å². The van der Waals surface area contributed by atoms with E-state index in [0.717, 1.165) is 27.8 Å². The van der Waals surface area contributed by atoms with Gasteiger partial charge in [0.15, 0.2) is 0 Å². The monoisotopic (exact) mass is 353 g/mol. The maximum atomic E-state index is 5.78. The molecule has 0 unspecified atom stereocenters. The summed E-state index contributed by atoms with van der Waals surface area (Å²) in [6.45, 7) is 12.1. The molecular weight excluding hydrogens is 334 g/mol. The van der Waals surface area contributed by atoms with E-state index < -0.39 is 8.07 Å². The van der Waals surface area contributed by atoms with Gasteiger partial charge in [0.25, 0.3) is 0 Å². The molecule has 2 aromatic heterocycles. The number of halogens is 1. The molecule has 2 aromatic rings. The molecule has 0 aromatic carbocycles. The van der Waals surface area contributed by atoms with Crippen LogP contribution in [0.3, 0.4) is 0 Å². The van der Waals surface area contributed by atoms with Gasteiger partial charge < -0.3 is 9.30 Å². The van der Waals surface area contributed by atoms with Crippen molar-refractivity contribution in [3.05, 3.63) is 29.3 Å². The fourth-order valence-electron chi connectivity index (χ4n) is 1.82. The van der Waals surface area contributed by atoms with Crippen molar-refractivity contribution in [1.82, 2.24) is 14.5 Å². The van der Waals surface area contributed by atoms with E-state index in [1.165, 1.54) is 6.04 Å². The van der Waals surface area contributed by atoms with Gasteiger partial charge in [0.2, 0.25) is 0 Å². The van der Waals surface area contributed by atoms with Crippen LogP contribution >= 0.6 is 15.9 Å². The molecule has 6 heteroatoms. The number of rotatable bonds is 6. The Morgan fingerprint density at radius 1 is 1.40 bits per heavy atom. The molecule has 0 bridgehead atoms. The van der Waals surface area contributed by atoms with Crippen LogP contribution in [0.2, 0.25) is 25.7 Å². The number of hydrogen-bond donors (Lipinski definition) is 0. The lowest BCUT2D eigenvalue weighted by molar-refractivity contribution is 0.0898. The van der Waals surface area contributed by atoms with Crippen molar-refractivity contribution in [2.24, 2.45) is 0 Å². The fraction of sp³-hybridized carbons (Fsp3) is 0.429. The second kappa shape index (κ2) is 6.20. The predicted octanol–water partition coefficient (Wildman–Crippen LogP) is 4.15. The number of imidazole rings is 1. The van der Waals surface area contributed by atoms with Gasteiger partial charge in [-0.25, -0.2) is 4.98 Å². The molecule has 108 valence electrons. The predicted molar refractivity (Wildman–Crippen MR) is 89.4 cm³/mol. The summed E-state index contributed by atoms with van der Waals surface area (Å²) in [7, 11) is -1.04. The quantitative estimate of drug-likeness (QED) is 0.578. The van der Waals surface area contributed by atoms with Crippen LogP contribution in [0.4, 0.5) is 0 Å². The SMILES string of the molecule is C=Cc1ncc2ncn(COCC[Si](C)(C)C)c2c1Br. The molecule has 0 N–H and O–H groups in total. The molecule has 0 aliphatic rings. The van der Waals surface area contributed by atoms with Gasteiger partial charge in [-0.3, -0.25) is 4.98 Å². The molecule has 0 saturated carbocycles. The molecule has 2 heterocycles. The summed E-state index contributed by atoms with van der Waals surface area (Å²) in [6.07, 6.45) is 5.28. The lowest BCUT2D eigenvalue weighted by Crippen LogP contribution is -2.22. The van der Waals surface area contributed by atoms with Gasteiger partial charge in [0, 0.05) is 14.7 Å². The minimum absolute atomic E-state index is 0.514. The van der Waals surface area contributed by atoms with Crippen molar-refractivity contribution >= 4 is 41.1 Å². The van der Waals surface area contributed by atoms with Gasteiger partial charge >= 0.3 is 0 Å². The number of pyridine rings is 1. The highest BCUT2D eigenvalue weighted by molar-refractivity contribution is 9.10. The third kappa shape index (κ3) is 3.56. The Morgan fingerprint density at radius 2 is 2.15 bits per heavy atom. The lowest BCUT2D eigenvalue weighted by atomic mass is 10.3. The molecule has 0 aliphatic carbocycles. The molecule has 0 fully saturated rings. The number of nitrogens with zero attached hydrogens (tertiary/aromatic N) is 3. The van der Waals surface area contributed by atoms with E-state index >= 15 is 0 Å². The van der Waals surface area contributed by atoms with Crippen molar-refractivity contribution in [2.45, 2.75) is 32.4 Å². The second-order valence-corrected chi connectivity index (χ2v) is 12.4. The highest BCUT2D eigenvalue weighted by Gasteiger charge is 2.13. The molecule has 0 aliphatic heterocycles. The molecule has 0 saturated heterocycles. The molecule has 4 nitrogen and oxygen atoms in total. The molecular formula is C14H20BrN3OSi. The van der Waals surface area contributed by atoms with Crippen LogP contribution < -0.4 is 0 Å². The van der Waals surface area contributed by atoms with E-state index in [1.54, 1.807) is 18.6 Å². The van der Waals surface area contributed by atoms with Crippen molar-refractivity contribution in [3.8, 4) is 0 Å². The van der Waals surface area contributed by atoms with E-state index in [9.17, 15) is 0 Å². The van der Waals surface area contributed by atoms with Crippen LogP contribution in [0.5, 0.6) is 0 Å². The third-order valence-corrected chi connectivity index (χ3v) is 5.53. The molecule has 0 amide bonds. The zero-order chi connectivity index (χ0) is 14.8. The minimum atomic E-state index is -1.04. The average Bonchev–Trinajstić information content (AvgIpc) is 2.78. The summed E-state index contributed by atoms with van der Waals surface area (Å²) in [5.41, 5.74) is 2.68. The first-order chi connectivity index (χ1) is 9.42. The Morgan fingerprint density at radius 3 is 2.80 bits per heavy atom. The Balaban J connectivity index is 2.13. The maximum absolute atomic E-state index is 5.78. The van der Waals surface area contributed by atoms with Crippen molar-refractivity contribution in [2.75, 3.05) is 6.61 Å². The molecule has 0 atom stereocenters. The van der Waals surface area contributed by atoms with Crippen LogP contribution in [-0.2, 0) is 11.5 Å². The van der Waals surface area contributed by atoms with Crippen molar-refractivity contribution < 1.29 is 4.74 Å². The van der Waals surface area contributed by atoms with E-state index in [1.807, 2.05) is 4.57 Å².